The van der Waals surface area contributed by atoms with Gasteiger partial charge in [0, 0.05) is 5.33 Å². The molecular formula is C20H25BrO4. The van der Waals surface area contributed by atoms with Crippen molar-refractivity contribution in [1.29, 1.82) is 0 Å². The summed E-state index contributed by atoms with van der Waals surface area (Å²) in [4.78, 5) is 0. The van der Waals surface area contributed by atoms with Gasteiger partial charge < -0.3 is 19.3 Å². The fraction of sp³-hybridized carbons (Fsp3) is 0.400. The van der Waals surface area contributed by atoms with Crippen molar-refractivity contribution in [2.24, 2.45) is 0 Å². The summed E-state index contributed by atoms with van der Waals surface area (Å²) in [6, 6.07) is 19.8. The molecule has 4 nitrogen and oxygen atoms in total. The van der Waals surface area contributed by atoms with Crippen LogP contribution in [-0.2, 0) is 27.4 Å². The van der Waals surface area contributed by atoms with Crippen LogP contribution < -0.4 is 0 Å². The minimum atomic E-state index is -0.737. The first-order valence-electron chi connectivity index (χ1n) is 8.38. The molecule has 2 rings (SSSR count). The number of halogens is 1. The third kappa shape index (κ3) is 8.12. The Morgan fingerprint density at radius 1 is 0.800 bits per heavy atom. The molecule has 136 valence electrons. The maximum atomic E-state index is 10.4. The van der Waals surface area contributed by atoms with Crippen LogP contribution in [0.25, 0.3) is 0 Å². The average molecular weight is 409 g/mol. The van der Waals surface area contributed by atoms with Gasteiger partial charge in [0.15, 0.2) is 0 Å². The monoisotopic (exact) mass is 408 g/mol. The normalized spacial score (nSPS) is 13.5. The summed E-state index contributed by atoms with van der Waals surface area (Å²) in [5, 5.41) is 11.1. The van der Waals surface area contributed by atoms with E-state index in [2.05, 4.69) is 15.9 Å². The fourth-order valence-corrected chi connectivity index (χ4v) is 2.50. The van der Waals surface area contributed by atoms with Gasteiger partial charge in [-0.2, -0.15) is 0 Å². The van der Waals surface area contributed by atoms with E-state index in [-0.39, 0.29) is 6.61 Å². The molecule has 2 aromatic rings. The Morgan fingerprint density at radius 2 is 1.32 bits per heavy atom. The predicted molar refractivity (Wildman–Crippen MR) is 102 cm³/mol. The highest BCUT2D eigenvalue weighted by molar-refractivity contribution is 9.09. The van der Waals surface area contributed by atoms with Crippen LogP contribution in [0.15, 0.2) is 60.7 Å². The highest BCUT2D eigenvalue weighted by Gasteiger charge is 2.20. The number of aliphatic hydroxyl groups is 1. The Hall–Kier alpha value is -1.24. The highest BCUT2D eigenvalue weighted by atomic mass is 79.9. The SMILES string of the molecule is O[C@H](COCc1ccccc1)[C@@H](COCc1ccccc1)OCCBr. The topological polar surface area (TPSA) is 47.9 Å². The first kappa shape index (κ1) is 20.1. The molecule has 0 unspecified atom stereocenters. The van der Waals surface area contributed by atoms with Crippen molar-refractivity contribution >= 4 is 15.9 Å². The molecular weight excluding hydrogens is 384 g/mol. The number of hydrogen-bond donors (Lipinski definition) is 1. The Bertz CT molecular complexity index is 564. The van der Waals surface area contributed by atoms with Gasteiger partial charge in [0.2, 0.25) is 0 Å². The summed E-state index contributed by atoms with van der Waals surface area (Å²) in [6.45, 7) is 1.99. The lowest BCUT2D eigenvalue weighted by Crippen LogP contribution is -2.37. The molecule has 0 heterocycles. The second-order valence-corrected chi connectivity index (χ2v) is 6.46. The summed E-state index contributed by atoms with van der Waals surface area (Å²) in [6.07, 6.45) is -1.16. The van der Waals surface area contributed by atoms with Gasteiger partial charge in [-0.3, -0.25) is 0 Å². The van der Waals surface area contributed by atoms with Gasteiger partial charge in [0.25, 0.3) is 0 Å². The van der Waals surface area contributed by atoms with Crippen LogP contribution in [0.4, 0.5) is 0 Å². The minimum Gasteiger partial charge on any atom is -0.388 e. The van der Waals surface area contributed by atoms with E-state index in [0.717, 1.165) is 11.1 Å². The number of hydrogen-bond acceptors (Lipinski definition) is 4. The third-order valence-corrected chi connectivity index (χ3v) is 3.96. The molecule has 0 spiro atoms. The molecule has 0 aromatic heterocycles. The van der Waals surface area contributed by atoms with Crippen LogP contribution in [0.1, 0.15) is 11.1 Å². The number of rotatable bonds is 12. The molecule has 0 radical (unpaired) electrons. The molecule has 0 aliphatic rings. The Balaban J connectivity index is 1.74. The maximum Gasteiger partial charge on any atom is 0.109 e. The van der Waals surface area contributed by atoms with Gasteiger partial charge in [-0.25, -0.2) is 0 Å². The lowest BCUT2D eigenvalue weighted by Gasteiger charge is -2.23. The number of aliphatic hydroxyl groups excluding tert-OH is 1. The first-order chi connectivity index (χ1) is 12.3. The van der Waals surface area contributed by atoms with E-state index < -0.39 is 12.2 Å². The van der Waals surface area contributed by atoms with Crippen LogP contribution in [-0.4, -0.2) is 42.5 Å². The van der Waals surface area contributed by atoms with Gasteiger partial charge >= 0.3 is 0 Å². The second-order valence-electron chi connectivity index (χ2n) is 5.67. The number of benzene rings is 2. The van der Waals surface area contributed by atoms with Crippen molar-refractivity contribution in [3.63, 3.8) is 0 Å². The van der Waals surface area contributed by atoms with E-state index in [9.17, 15) is 5.11 Å². The third-order valence-electron chi connectivity index (χ3n) is 3.63. The molecule has 0 amide bonds. The lowest BCUT2D eigenvalue weighted by atomic mass is 10.2. The molecule has 5 heteroatoms. The minimum absolute atomic E-state index is 0.205. The summed E-state index contributed by atoms with van der Waals surface area (Å²) in [5.74, 6) is 0. The van der Waals surface area contributed by atoms with Crippen LogP contribution in [0.2, 0.25) is 0 Å². The summed E-state index contributed by atoms with van der Waals surface area (Å²) >= 11 is 3.34. The summed E-state index contributed by atoms with van der Waals surface area (Å²) in [5.41, 5.74) is 2.17. The Kier molecular flexibility index (Phi) is 9.77. The largest absolute Gasteiger partial charge is 0.388 e. The van der Waals surface area contributed by atoms with Gasteiger partial charge in [-0.1, -0.05) is 76.6 Å². The van der Waals surface area contributed by atoms with E-state index in [1.54, 1.807) is 0 Å². The molecule has 0 bridgehead atoms. The highest BCUT2D eigenvalue weighted by Crippen LogP contribution is 2.08. The van der Waals surface area contributed by atoms with Crippen molar-refractivity contribution in [1.82, 2.24) is 0 Å². The van der Waals surface area contributed by atoms with Crippen LogP contribution >= 0.6 is 15.9 Å². The van der Waals surface area contributed by atoms with Crippen molar-refractivity contribution in [2.45, 2.75) is 25.4 Å². The van der Waals surface area contributed by atoms with Crippen molar-refractivity contribution in [2.75, 3.05) is 25.2 Å². The molecule has 2 aromatic carbocycles. The molecule has 1 N–H and O–H groups in total. The van der Waals surface area contributed by atoms with Crippen molar-refractivity contribution < 1.29 is 19.3 Å². The Labute approximate surface area is 157 Å². The molecule has 0 aliphatic carbocycles. The van der Waals surface area contributed by atoms with Gasteiger partial charge in [0.05, 0.1) is 33.0 Å². The van der Waals surface area contributed by atoms with E-state index in [1.165, 1.54) is 0 Å². The van der Waals surface area contributed by atoms with Crippen molar-refractivity contribution in [3.05, 3.63) is 71.8 Å². The van der Waals surface area contributed by atoms with E-state index >= 15 is 0 Å². The second kappa shape index (κ2) is 12.2. The van der Waals surface area contributed by atoms with Gasteiger partial charge in [-0.05, 0) is 11.1 Å². The van der Waals surface area contributed by atoms with E-state index in [0.29, 0.717) is 31.8 Å². The van der Waals surface area contributed by atoms with E-state index in [1.807, 2.05) is 60.7 Å². The average Bonchev–Trinajstić information content (AvgIpc) is 2.66. The van der Waals surface area contributed by atoms with Crippen molar-refractivity contribution in [3.8, 4) is 0 Å². The zero-order chi connectivity index (χ0) is 17.7. The first-order valence-corrected chi connectivity index (χ1v) is 9.50. The maximum absolute atomic E-state index is 10.4. The smallest absolute Gasteiger partial charge is 0.109 e. The van der Waals surface area contributed by atoms with Gasteiger partial charge in [0.1, 0.15) is 12.2 Å². The summed E-state index contributed by atoms with van der Waals surface area (Å²) < 4.78 is 17.0. The molecule has 0 fully saturated rings. The Morgan fingerprint density at radius 3 is 1.84 bits per heavy atom. The predicted octanol–water partition coefficient (Wildman–Crippen LogP) is 3.56. The van der Waals surface area contributed by atoms with Crippen LogP contribution in [0.5, 0.6) is 0 Å². The number of ether oxygens (including phenoxy) is 3. The lowest BCUT2D eigenvalue weighted by molar-refractivity contribution is -0.103. The zero-order valence-corrected chi connectivity index (χ0v) is 15.8. The quantitative estimate of drug-likeness (QED) is 0.545. The zero-order valence-electron chi connectivity index (χ0n) is 14.2. The summed E-state index contributed by atoms with van der Waals surface area (Å²) in [7, 11) is 0. The molecule has 0 aliphatic heterocycles. The standard InChI is InChI=1S/C20H25BrO4/c21-11-12-25-20(16-24-14-18-9-5-2-6-10-18)19(22)15-23-13-17-7-3-1-4-8-17/h1-10,19-20,22H,11-16H2/t19-,20-/m1/s1. The molecule has 0 saturated heterocycles. The fourth-order valence-electron chi connectivity index (χ4n) is 2.31. The molecule has 25 heavy (non-hydrogen) atoms. The van der Waals surface area contributed by atoms with E-state index in [4.69, 9.17) is 14.2 Å². The molecule has 2 atom stereocenters. The van der Waals surface area contributed by atoms with Gasteiger partial charge in [-0.15, -0.1) is 0 Å². The molecule has 0 saturated carbocycles. The number of alkyl halides is 1. The van der Waals surface area contributed by atoms with Crippen LogP contribution in [0, 0.1) is 0 Å². The van der Waals surface area contributed by atoms with Crippen LogP contribution in [0.3, 0.4) is 0 Å².